The molecule has 0 amide bonds. The Bertz CT molecular complexity index is 541. The minimum Gasteiger partial charge on any atom is -0.478 e. The SMILES string of the molecule is C/C(=C\C(=O)O)Oc1cc(Cl)c(C(F)(F)F)cc1I. The second-order valence-corrected chi connectivity index (χ2v) is 5.02. The van der Waals surface area contributed by atoms with Crippen LogP contribution in [0.5, 0.6) is 5.75 Å². The third kappa shape index (κ3) is 4.57. The Hall–Kier alpha value is -0.960. The minimum atomic E-state index is -4.55. The Morgan fingerprint density at radius 3 is 2.53 bits per heavy atom. The summed E-state index contributed by atoms with van der Waals surface area (Å²) < 4.78 is 43.0. The summed E-state index contributed by atoms with van der Waals surface area (Å²) in [4.78, 5) is 10.4. The van der Waals surface area contributed by atoms with Crippen LogP contribution in [0.3, 0.4) is 0 Å². The van der Waals surface area contributed by atoms with Crippen LogP contribution in [0.2, 0.25) is 5.02 Å². The third-order valence-electron chi connectivity index (χ3n) is 1.92. The summed E-state index contributed by atoms with van der Waals surface area (Å²) in [6.07, 6.45) is -3.76. The van der Waals surface area contributed by atoms with E-state index in [0.717, 1.165) is 18.2 Å². The van der Waals surface area contributed by atoms with Gasteiger partial charge in [-0.2, -0.15) is 13.2 Å². The van der Waals surface area contributed by atoms with Crippen molar-refractivity contribution in [2.24, 2.45) is 0 Å². The Kier molecular flexibility index (Phi) is 5.08. The quantitative estimate of drug-likeness (QED) is 0.462. The van der Waals surface area contributed by atoms with Gasteiger partial charge < -0.3 is 9.84 Å². The molecule has 0 aliphatic carbocycles. The van der Waals surface area contributed by atoms with Crippen LogP contribution in [-0.4, -0.2) is 11.1 Å². The molecule has 1 rings (SSSR count). The lowest BCUT2D eigenvalue weighted by Gasteiger charge is -2.13. The number of carboxylic acid groups (broad SMARTS) is 1. The fourth-order valence-corrected chi connectivity index (χ4v) is 2.04. The van der Waals surface area contributed by atoms with E-state index in [4.69, 9.17) is 21.4 Å². The molecule has 0 aromatic heterocycles. The number of rotatable bonds is 3. The van der Waals surface area contributed by atoms with E-state index in [1.165, 1.54) is 6.92 Å². The fourth-order valence-electron chi connectivity index (χ4n) is 1.20. The first-order valence-corrected chi connectivity index (χ1v) is 6.22. The van der Waals surface area contributed by atoms with Crippen LogP contribution in [0.4, 0.5) is 13.2 Å². The molecule has 104 valence electrons. The van der Waals surface area contributed by atoms with Crippen molar-refractivity contribution >= 4 is 40.2 Å². The number of hydrogen-bond acceptors (Lipinski definition) is 2. The highest BCUT2D eigenvalue weighted by Crippen LogP contribution is 2.39. The molecule has 0 aliphatic rings. The molecule has 0 saturated carbocycles. The normalized spacial score (nSPS) is 12.4. The Balaban J connectivity index is 3.13. The number of carboxylic acids is 1. The highest BCUT2D eigenvalue weighted by molar-refractivity contribution is 14.1. The summed E-state index contributed by atoms with van der Waals surface area (Å²) in [5, 5.41) is 8.00. The molecule has 8 heteroatoms. The first-order chi connectivity index (χ1) is 8.61. The van der Waals surface area contributed by atoms with Crippen LogP contribution in [-0.2, 0) is 11.0 Å². The van der Waals surface area contributed by atoms with E-state index < -0.39 is 22.7 Å². The summed E-state index contributed by atoms with van der Waals surface area (Å²) in [6.45, 7) is 1.37. The first-order valence-electron chi connectivity index (χ1n) is 4.76. The van der Waals surface area contributed by atoms with Crippen molar-refractivity contribution in [1.29, 1.82) is 0 Å². The second kappa shape index (κ2) is 6.00. The van der Waals surface area contributed by atoms with Crippen molar-refractivity contribution in [3.8, 4) is 5.75 Å². The molecular weight excluding hydrogens is 399 g/mol. The van der Waals surface area contributed by atoms with Crippen molar-refractivity contribution in [3.05, 3.63) is 38.1 Å². The van der Waals surface area contributed by atoms with Gasteiger partial charge in [0.05, 0.1) is 20.2 Å². The first kappa shape index (κ1) is 16.1. The number of benzene rings is 1. The summed E-state index contributed by atoms with van der Waals surface area (Å²) in [6, 6.07) is 1.84. The molecule has 0 saturated heterocycles. The van der Waals surface area contributed by atoms with Crippen LogP contribution in [0.15, 0.2) is 24.0 Å². The number of allylic oxidation sites excluding steroid dienone is 1. The van der Waals surface area contributed by atoms with Gasteiger partial charge in [0.25, 0.3) is 0 Å². The number of alkyl halides is 3. The Morgan fingerprint density at radius 2 is 2.05 bits per heavy atom. The van der Waals surface area contributed by atoms with Crippen LogP contribution in [0.25, 0.3) is 0 Å². The summed E-state index contributed by atoms with van der Waals surface area (Å²) in [5.41, 5.74) is -0.967. The lowest BCUT2D eigenvalue weighted by atomic mass is 10.2. The maximum Gasteiger partial charge on any atom is 0.417 e. The van der Waals surface area contributed by atoms with Gasteiger partial charge in [-0.25, -0.2) is 4.79 Å². The predicted octanol–water partition coefficient (Wildman–Crippen LogP) is 4.33. The van der Waals surface area contributed by atoms with Gasteiger partial charge >= 0.3 is 12.1 Å². The third-order valence-corrected chi connectivity index (χ3v) is 3.08. The molecule has 1 aromatic rings. The molecule has 0 spiro atoms. The fraction of sp³-hybridized carbons (Fsp3) is 0.182. The largest absolute Gasteiger partial charge is 0.478 e. The smallest absolute Gasteiger partial charge is 0.417 e. The van der Waals surface area contributed by atoms with Gasteiger partial charge in [-0.15, -0.1) is 0 Å². The van der Waals surface area contributed by atoms with Crippen LogP contribution in [0.1, 0.15) is 12.5 Å². The van der Waals surface area contributed by atoms with Crippen molar-refractivity contribution in [2.45, 2.75) is 13.1 Å². The standard InChI is InChI=1S/C11H7ClF3IO3/c1-5(2-10(17)18)19-9-4-7(12)6(3-8(9)16)11(13,14)15/h2-4H,1H3,(H,17,18)/b5-2+. The van der Waals surface area contributed by atoms with E-state index in [9.17, 15) is 18.0 Å². The van der Waals surface area contributed by atoms with E-state index in [-0.39, 0.29) is 15.1 Å². The topological polar surface area (TPSA) is 46.5 Å². The molecular formula is C11H7ClF3IO3. The molecule has 0 fully saturated rings. The van der Waals surface area contributed by atoms with Crippen LogP contribution >= 0.6 is 34.2 Å². The highest BCUT2D eigenvalue weighted by atomic mass is 127. The van der Waals surface area contributed by atoms with E-state index in [1.807, 2.05) is 0 Å². The summed E-state index contributed by atoms with van der Waals surface area (Å²) in [5.74, 6) is -1.12. The molecule has 0 bridgehead atoms. The van der Waals surface area contributed by atoms with Gasteiger partial charge in [0.15, 0.2) is 0 Å². The van der Waals surface area contributed by atoms with E-state index in [1.54, 1.807) is 22.6 Å². The maximum absolute atomic E-state index is 12.6. The van der Waals surface area contributed by atoms with Gasteiger partial charge in [-0.05, 0) is 35.6 Å². The zero-order chi connectivity index (χ0) is 14.8. The molecule has 1 aromatic carbocycles. The number of ether oxygens (including phenoxy) is 1. The monoisotopic (exact) mass is 406 g/mol. The summed E-state index contributed by atoms with van der Waals surface area (Å²) in [7, 11) is 0. The molecule has 0 heterocycles. The van der Waals surface area contributed by atoms with Crippen molar-refractivity contribution in [3.63, 3.8) is 0 Å². The van der Waals surface area contributed by atoms with Crippen LogP contribution in [0, 0.1) is 3.57 Å². The molecule has 0 unspecified atom stereocenters. The highest BCUT2D eigenvalue weighted by Gasteiger charge is 2.34. The zero-order valence-corrected chi connectivity index (χ0v) is 12.3. The lowest BCUT2D eigenvalue weighted by molar-refractivity contribution is -0.137. The molecule has 3 nitrogen and oxygen atoms in total. The minimum absolute atomic E-state index is 0.0289. The molecule has 0 atom stereocenters. The van der Waals surface area contributed by atoms with Gasteiger partial charge in [0.2, 0.25) is 0 Å². The lowest BCUT2D eigenvalue weighted by Crippen LogP contribution is -2.07. The number of hydrogen-bond donors (Lipinski definition) is 1. The van der Waals surface area contributed by atoms with Crippen molar-refractivity contribution in [2.75, 3.05) is 0 Å². The maximum atomic E-state index is 12.6. The molecule has 0 radical (unpaired) electrons. The number of halogens is 5. The average molecular weight is 407 g/mol. The zero-order valence-electron chi connectivity index (χ0n) is 9.39. The second-order valence-electron chi connectivity index (χ2n) is 3.46. The summed E-state index contributed by atoms with van der Waals surface area (Å²) >= 11 is 7.19. The molecule has 19 heavy (non-hydrogen) atoms. The molecule has 0 aliphatic heterocycles. The van der Waals surface area contributed by atoms with Gasteiger partial charge in [0.1, 0.15) is 11.5 Å². The number of aliphatic carboxylic acids is 1. The van der Waals surface area contributed by atoms with E-state index in [0.29, 0.717) is 0 Å². The van der Waals surface area contributed by atoms with E-state index in [2.05, 4.69) is 0 Å². The average Bonchev–Trinajstić information content (AvgIpc) is 2.19. The molecule has 1 N–H and O–H groups in total. The van der Waals surface area contributed by atoms with E-state index >= 15 is 0 Å². The number of carbonyl (C=O) groups is 1. The van der Waals surface area contributed by atoms with Crippen molar-refractivity contribution < 1.29 is 27.8 Å². The van der Waals surface area contributed by atoms with Crippen LogP contribution < -0.4 is 4.74 Å². The van der Waals surface area contributed by atoms with Gasteiger partial charge in [0, 0.05) is 6.07 Å². The Morgan fingerprint density at radius 1 is 1.47 bits per heavy atom. The van der Waals surface area contributed by atoms with Gasteiger partial charge in [-0.1, -0.05) is 11.6 Å². The van der Waals surface area contributed by atoms with Crippen molar-refractivity contribution in [1.82, 2.24) is 0 Å². The Labute approximate surface area is 125 Å². The van der Waals surface area contributed by atoms with Gasteiger partial charge in [-0.3, -0.25) is 0 Å². The predicted molar refractivity (Wildman–Crippen MR) is 71.2 cm³/mol.